The second-order valence-corrected chi connectivity index (χ2v) is 5.19. The van der Waals surface area contributed by atoms with Gasteiger partial charge >= 0.3 is 0 Å². The number of hydrogen-bond donors (Lipinski definition) is 1. The minimum atomic E-state index is -0.154. The highest BCUT2D eigenvalue weighted by molar-refractivity contribution is 9.10. The largest absolute Gasteiger partial charge is 0.494 e. The van der Waals surface area contributed by atoms with Crippen molar-refractivity contribution in [3.05, 3.63) is 44.8 Å². The number of aryl methyl sites for hydroxylation is 1. The molecule has 0 radical (unpaired) electrons. The van der Waals surface area contributed by atoms with E-state index >= 15 is 0 Å². The molecule has 0 aliphatic rings. The summed E-state index contributed by atoms with van der Waals surface area (Å²) in [5.41, 5.74) is 1.47. The van der Waals surface area contributed by atoms with Crippen molar-refractivity contribution in [1.82, 2.24) is 9.97 Å². The number of H-pyrrole nitrogens is 1. The molecule has 1 heterocycles. The minimum absolute atomic E-state index is 0.154. The monoisotopic (exact) mass is 336 g/mol. The molecule has 0 saturated heterocycles. The Morgan fingerprint density at radius 1 is 1.25 bits per heavy atom. The molecule has 0 aliphatic heterocycles. The standard InChI is InChI=1S/C15H17BrN2O2/c1-3-9-20-11-7-5-10(6-8-11)14-17-12(4-2)13(16)15(19)18-14/h5-8H,3-4,9H2,1-2H3,(H,17,18,19). The van der Waals surface area contributed by atoms with Crippen LogP contribution in [0.15, 0.2) is 33.5 Å². The van der Waals surface area contributed by atoms with Crippen LogP contribution in [0.1, 0.15) is 26.0 Å². The maximum Gasteiger partial charge on any atom is 0.265 e. The highest BCUT2D eigenvalue weighted by Gasteiger charge is 2.09. The van der Waals surface area contributed by atoms with E-state index in [0.29, 0.717) is 23.3 Å². The van der Waals surface area contributed by atoms with Crippen molar-refractivity contribution in [2.24, 2.45) is 0 Å². The summed E-state index contributed by atoms with van der Waals surface area (Å²) >= 11 is 3.26. The molecule has 0 saturated carbocycles. The van der Waals surface area contributed by atoms with E-state index in [2.05, 4.69) is 32.8 Å². The van der Waals surface area contributed by atoms with E-state index < -0.39 is 0 Å². The number of nitrogens with zero attached hydrogens (tertiary/aromatic N) is 1. The van der Waals surface area contributed by atoms with Crippen LogP contribution in [0.25, 0.3) is 11.4 Å². The molecule has 1 N–H and O–H groups in total. The topological polar surface area (TPSA) is 55.0 Å². The summed E-state index contributed by atoms with van der Waals surface area (Å²) in [6.07, 6.45) is 1.68. The van der Waals surface area contributed by atoms with Crippen LogP contribution in [0.2, 0.25) is 0 Å². The number of halogens is 1. The predicted octanol–water partition coefficient (Wildman–Crippen LogP) is 3.55. The zero-order valence-electron chi connectivity index (χ0n) is 11.6. The smallest absolute Gasteiger partial charge is 0.265 e. The van der Waals surface area contributed by atoms with Crippen LogP contribution >= 0.6 is 15.9 Å². The molecule has 106 valence electrons. The first-order valence-electron chi connectivity index (χ1n) is 6.67. The van der Waals surface area contributed by atoms with Crippen molar-refractivity contribution in [1.29, 1.82) is 0 Å². The van der Waals surface area contributed by atoms with Crippen molar-refractivity contribution < 1.29 is 4.74 Å². The Balaban J connectivity index is 2.32. The van der Waals surface area contributed by atoms with Gasteiger partial charge in [0.25, 0.3) is 5.56 Å². The Kier molecular flexibility index (Phi) is 4.95. The first-order valence-corrected chi connectivity index (χ1v) is 7.47. The lowest BCUT2D eigenvalue weighted by Crippen LogP contribution is -2.13. The van der Waals surface area contributed by atoms with Crippen LogP contribution < -0.4 is 10.3 Å². The molecular formula is C15H17BrN2O2. The van der Waals surface area contributed by atoms with Crippen LogP contribution in [-0.4, -0.2) is 16.6 Å². The predicted molar refractivity (Wildman–Crippen MR) is 83.2 cm³/mol. The van der Waals surface area contributed by atoms with E-state index in [1.807, 2.05) is 31.2 Å². The highest BCUT2D eigenvalue weighted by Crippen LogP contribution is 2.20. The van der Waals surface area contributed by atoms with Crippen LogP contribution in [0, 0.1) is 0 Å². The molecule has 2 aromatic rings. The average Bonchev–Trinajstić information content (AvgIpc) is 2.48. The van der Waals surface area contributed by atoms with Crippen molar-refractivity contribution in [3.8, 4) is 17.1 Å². The van der Waals surface area contributed by atoms with Gasteiger partial charge in [-0.3, -0.25) is 4.79 Å². The third-order valence-corrected chi connectivity index (χ3v) is 3.68. The fraction of sp³-hybridized carbons (Fsp3) is 0.333. The number of aromatic nitrogens is 2. The Bertz CT molecular complexity index is 635. The van der Waals surface area contributed by atoms with Crippen LogP contribution in [0.4, 0.5) is 0 Å². The lowest BCUT2D eigenvalue weighted by Gasteiger charge is -2.07. The molecule has 1 aromatic carbocycles. The highest BCUT2D eigenvalue weighted by atomic mass is 79.9. The number of aromatic amines is 1. The van der Waals surface area contributed by atoms with E-state index in [4.69, 9.17) is 4.74 Å². The van der Waals surface area contributed by atoms with Gasteiger partial charge in [0.1, 0.15) is 16.0 Å². The molecule has 0 spiro atoms. The number of hydrogen-bond acceptors (Lipinski definition) is 3. The van der Waals surface area contributed by atoms with Gasteiger partial charge in [-0.05, 0) is 53.0 Å². The van der Waals surface area contributed by atoms with Crippen molar-refractivity contribution in [3.63, 3.8) is 0 Å². The Hall–Kier alpha value is -1.62. The maximum absolute atomic E-state index is 11.8. The molecule has 2 rings (SSSR count). The molecule has 0 amide bonds. The average molecular weight is 337 g/mol. The quantitative estimate of drug-likeness (QED) is 0.908. The maximum atomic E-state index is 11.8. The molecule has 5 heteroatoms. The van der Waals surface area contributed by atoms with Gasteiger partial charge in [-0.15, -0.1) is 0 Å². The van der Waals surface area contributed by atoms with Gasteiger partial charge in [-0.2, -0.15) is 0 Å². The van der Waals surface area contributed by atoms with E-state index in [-0.39, 0.29) is 5.56 Å². The Morgan fingerprint density at radius 2 is 1.95 bits per heavy atom. The zero-order chi connectivity index (χ0) is 14.5. The molecule has 0 aliphatic carbocycles. The number of rotatable bonds is 5. The first kappa shape index (κ1) is 14.8. The summed E-state index contributed by atoms with van der Waals surface area (Å²) in [7, 11) is 0. The van der Waals surface area contributed by atoms with E-state index in [0.717, 1.165) is 23.4 Å². The number of benzene rings is 1. The van der Waals surface area contributed by atoms with Gasteiger partial charge in [0.15, 0.2) is 0 Å². The van der Waals surface area contributed by atoms with E-state index in [1.54, 1.807) is 0 Å². The van der Waals surface area contributed by atoms with E-state index in [1.165, 1.54) is 0 Å². The summed E-state index contributed by atoms with van der Waals surface area (Å²) in [6, 6.07) is 7.57. The van der Waals surface area contributed by atoms with Gasteiger partial charge in [0.2, 0.25) is 0 Å². The lowest BCUT2D eigenvalue weighted by atomic mass is 10.2. The summed E-state index contributed by atoms with van der Waals surface area (Å²) < 4.78 is 6.04. The Labute approximate surface area is 126 Å². The molecule has 0 unspecified atom stereocenters. The molecule has 4 nitrogen and oxygen atoms in total. The van der Waals surface area contributed by atoms with Gasteiger partial charge < -0.3 is 9.72 Å². The van der Waals surface area contributed by atoms with Crippen molar-refractivity contribution in [2.45, 2.75) is 26.7 Å². The summed E-state index contributed by atoms with van der Waals surface area (Å²) in [4.78, 5) is 19.1. The minimum Gasteiger partial charge on any atom is -0.494 e. The van der Waals surface area contributed by atoms with Crippen LogP contribution in [0.3, 0.4) is 0 Å². The number of ether oxygens (including phenoxy) is 1. The van der Waals surface area contributed by atoms with Crippen molar-refractivity contribution >= 4 is 15.9 Å². The normalized spacial score (nSPS) is 10.6. The second-order valence-electron chi connectivity index (χ2n) is 4.40. The number of nitrogens with one attached hydrogen (secondary N) is 1. The third-order valence-electron chi connectivity index (χ3n) is 2.87. The SMILES string of the molecule is CCCOc1ccc(-c2nc(CC)c(Br)c(=O)[nH]2)cc1. The van der Waals surface area contributed by atoms with E-state index in [9.17, 15) is 4.79 Å². The molecule has 1 aromatic heterocycles. The Morgan fingerprint density at radius 3 is 2.55 bits per heavy atom. The second kappa shape index (κ2) is 6.70. The van der Waals surface area contributed by atoms with Crippen molar-refractivity contribution in [2.75, 3.05) is 6.61 Å². The lowest BCUT2D eigenvalue weighted by molar-refractivity contribution is 0.317. The molecule has 0 fully saturated rings. The van der Waals surface area contributed by atoms with Gasteiger partial charge in [0, 0.05) is 5.56 Å². The fourth-order valence-electron chi connectivity index (χ4n) is 1.81. The summed E-state index contributed by atoms with van der Waals surface area (Å²) in [6.45, 7) is 4.74. The zero-order valence-corrected chi connectivity index (χ0v) is 13.2. The fourth-order valence-corrected chi connectivity index (χ4v) is 2.27. The summed E-state index contributed by atoms with van der Waals surface area (Å²) in [5, 5.41) is 0. The summed E-state index contributed by atoms with van der Waals surface area (Å²) in [5.74, 6) is 1.41. The third kappa shape index (κ3) is 3.28. The molecular weight excluding hydrogens is 320 g/mol. The van der Waals surface area contributed by atoms with Crippen LogP contribution in [0.5, 0.6) is 5.75 Å². The molecule has 20 heavy (non-hydrogen) atoms. The first-order chi connectivity index (χ1) is 9.65. The molecule has 0 bridgehead atoms. The molecule has 0 atom stereocenters. The van der Waals surface area contributed by atoms with Gasteiger partial charge in [-0.25, -0.2) is 4.98 Å². The van der Waals surface area contributed by atoms with Gasteiger partial charge in [0.05, 0.1) is 12.3 Å². The van der Waals surface area contributed by atoms with Crippen LogP contribution in [-0.2, 0) is 6.42 Å². The van der Waals surface area contributed by atoms with Gasteiger partial charge in [-0.1, -0.05) is 13.8 Å².